The number of hydrogen-bond acceptors (Lipinski definition) is 4. The molecule has 138 valence electrons. The monoisotopic (exact) mass is 376 g/mol. The van der Waals surface area contributed by atoms with Crippen molar-refractivity contribution in [1.82, 2.24) is 5.32 Å². The van der Waals surface area contributed by atoms with Gasteiger partial charge in [0.25, 0.3) is 0 Å². The highest BCUT2D eigenvalue weighted by Gasteiger charge is 2.10. The summed E-state index contributed by atoms with van der Waals surface area (Å²) in [6.07, 6.45) is 1.13. The molecule has 0 aliphatic carbocycles. The Morgan fingerprint density at radius 3 is 2.73 bits per heavy atom. The Hall–Kier alpha value is -2.29. The van der Waals surface area contributed by atoms with Crippen molar-refractivity contribution in [3.63, 3.8) is 0 Å². The van der Waals surface area contributed by atoms with Crippen molar-refractivity contribution in [2.75, 3.05) is 13.7 Å². The van der Waals surface area contributed by atoms with E-state index in [1.807, 2.05) is 25.1 Å². The molecule has 0 saturated carbocycles. The Kier molecular flexibility index (Phi) is 7.71. The Morgan fingerprint density at radius 2 is 2.04 bits per heavy atom. The quantitative estimate of drug-likeness (QED) is 0.624. The number of nitrogens with zero attached hydrogens (tertiary/aromatic N) is 1. The van der Waals surface area contributed by atoms with E-state index in [-0.39, 0.29) is 11.1 Å². The minimum atomic E-state index is -0.420. The molecule has 1 N–H and O–H groups in total. The van der Waals surface area contributed by atoms with Gasteiger partial charge in [0.15, 0.2) is 11.5 Å². The van der Waals surface area contributed by atoms with E-state index in [9.17, 15) is 4.39 Å². The van der Waals surface area contributed by atoms with Gasteiger partial charge in [0.1, 0.15) is 5.82 Å². The van der Waals surface area contributed by atoms with Crippen LogP contribution in [-0.4, -0.2) is 13.7 Å². The van der Waals surface area contributed by atoms with Crippen LogP contribution in [0.2, 0.25) is 5.02 Å². The minimum absolute atomic E-state index is 0.00944. The van der Waals surface area contributed by atoms with Gasteiger partial charge >= 0.3 is 0 Å². The molecule has 1 atom stereocenters. The second-order valence-corrected chi connectivity index (χ2v) is 6.28. The van der Waals surface area contributed by atoms with Gasteiger partial charge in [-0.1, -0.05) is 23.7 Å². The summed E-state index contributed by atoms with van der Waals surface area (Å²) in [6.45, 7) is 3.06. The lowest BCUT2D eigenvalue weighted by Gasteiger charge is -2.16. The van der Waals surface area contributed by atoms with Gasteiger partial charge < -0.3 is 14.8 Å². The first-order valence-corrected chi connectivity index (χ1v) is 8.78. The van der Waals surface area contributed by atoms with Gasteiger partial charge in [-0.25, -0.2) is 4.39 Å². The number of methoxy groups -OCH3 is 1. The van der Waals surface area contributed by atoms with Crippen LogP contribution in [-0.2, 0) is 6.54 Å². The first-order chi connectivity index (χ1) is 12.5. The number of halogens is 2. The summed E-state index contributed by atoms with van der Waals surface area (Å²) >= 11 is 5.85. The molecule has 6 heteroatoms. The fourth-order valence-corrected chi connectivity index (χ4v) is 2.64. The van der Waals surface area contributed by atoms with Gasteiger partial charge in [-0.2, -0.15) is 5.26 Å². The molecule has 2 rings (SSSR count). The molecule has 0 fully saturated rings. The second-order valence-electron chi connectivity index (χ2n) is 5.87. The summed E-state index contributed by atoms with van der Waals surface area (Å²) in [5, 5.41) is 12.1. The van der Waals surface area contributed by atoms with Gasteiger partial charge in [-0.05, 0) is 48.7 Å². The largest absolute Gasteiger partial charge is 0.493 e. The zero-order chi connectivity index (χ0) is 18.9. The highest BCUT2D eigenvalue weighted by molar-refractivity contribution is 6.30. The fourth-order valence-electron chi connectivity index (χ4n) is 2.45. The SMILES string of the molecule is COc1ccc(CNC(C)c2ccc(F)c(Cl)c2)cc1OCCCC#N. The molecule has 0 saturated heterocycles. The molecular formula is C20H22ClFN2O2. The van der Waals surface area contributed by atoms with Gasteiger partial charge in [-0.3, -0.25) is 0 Å². The smallest absolute Gasteiger partial charge is 0.161 e. The Bertz CT molecular complexity index is 777. The van der Waals surface area contributed by atoms with E-state index in [0.717, 1.165) is 11.1 Å². The van der Waals surface area contributed by atoms with Crippen LogP contribution in [0, 0.1) is 17.1 Å². The molecule has 0 amide bonds. The maximum absolute atomic E-state index is 13.3. The standard InChI is InChI=1S/C20H22ClFN2O2/c1-14(16-6-7-18(22)17(21)12-16)24-13-15-5-8-19(25-2)20(11-15)26-10-4-3-9-23/h5-8,11-12,14,24H,3-4,10,13H2,1-2H3. The maximum atomic E-state index is 13.3. The van der Waals surface area contributed by atoms with Crippen LogP contribution in [0.3, 0.4) is 0 Å². The number of benzene rings is 2. The van der Waals surface area contributed by atoms with E-state index < -0.39 is 5.82 Å². The van der Waals surface area contributed by atoms with Crippen LogP contribution in [0.4, 0.5) is 4.39 Å². The average molecular weight is 377 g/mol. The lowest BCUT2D eigenvalue weighted by Crippen LogP contribution is -2.18. The summed E-state index contributed by atoms with van der Waals surface area (Å²) in [7, 11) is 1.59. The van der Waals surface area contributed by atoms with Crippen molar-refractivity contribution >= 4 is 11.6 Å². The number of hydrogen-bond donors (Lipinski definition) is 1. The molecular weight excluding hydrogens is 355 g/mol. The molecule has 1 unspecified atom stereocenters. The third-order valence-corrected chi connectivity index (χ3v) is 4.26. The highest BCUT2D eigenvalue weighted by atomic mass is 35.5. The molecule has 0 bridgehead atoms. The Balaban J connectivity index is 1.99. The van der Waals surface area contributed by atoms with Crippen LogP contribution < -0.4 is 14.8 Å². The summed E-state index contributed by atoms with van der Waals surface area (Å²) in [6, 6.07) is 12.6. The molecule has 4 nitrogen and oxygen atoms in total. The van der Waals surface area contributed by atoms with Crippen molar-refractivity contribution in [3.8, 4) is 17.6 Å². The molecule has 0 radical (unpaired) electrons. The molecule has 26 heavy (non-hydrogen) atoms. The lowest BCUT2D eigenvalue weighted by molar-refractivity contribution is 0.290. The Labute approximate surface area is 158 Å². The third kappa shape index (κ3) is 5.62. The van der Waals surface area contributed by atoms with Crippen molar-refractivity contribution in [1.29, 1.82) is 5.26 Å². The zero-order valence-electron chi connectivity index (χ0n) is 14.9. The molecule has 0 aliphatic heterocycles. The predicted molar refractivity (Wildman–Crippen MR) is 100 cm³/mol. The zero-order valence-corrected chi connectivity index (χ0v) is 15.6. The van der Waals surface area contributed by atoms with Gasteiger partial charge in [-0.15, -0.1) is 0 Å². The molecule has 0 spiro atoms. The first kappa shape index (κ1) is 20.0. The molecule has 0 aliphatic rings. The number of unbranched alkanes of at least 4 members (excludes halogenated alkanes) is 1. The van der Waals surface area contributed by atoms with Crippen LogP contribution >= 0.6 is 11.6 Å². The summed E-state index contributed by atoms with van der Waals surface area (Å²) in [4.78, 5) is 0. The van der Waals surface area contributed by atoms with Gasteiger partial charge in [0, 0.05) is 19.0 Å². The minimum Gasteiger partial charge on any atom is -0.493 e. The van der Waals surface area contributed by atoms with E-state index in [1.165, 1.54) is 6.07 Å². The molecule has 0 aromatic heterocycles. The van der Waals surface area contributed by atoms with Crippen molar-refractivity contribution in [2.45, 2.75) is 32.4 Å². The molecule has 2 aromatic carbocycles. The van der Waals surface area contributed by atoms with Crippen LogP contribution in [0.1, 0.15) is 36.9 Å². The third-order valence-electron chi connectivity index (χ3n) is 3.97. The predicted octanol–water partition coefficient (Wildman–Crippen LogP) is 5.02. The number of nitriles is 1. The topological polar surface area (TPSA) is 54.3 Å². The summed E-state index contributed by atoms with van der Waals surface area (Å²) < 4.78 is 24.3. The molecule has 0 heterocycles. The van der Waals surface area contributed by atoms with Gasteiger partial charge in [0.2, 0.25) is 0 Å². The highest BCUT2D eigenvalue weighted by Crippen LogP contribution is 2.29. The van der Waals surface area contributed by atoms with E-state index in [4.69, 9.17) is 26.3 Å². The van der Waals surface area contributed by atoms with E-state index in [2.05, 4.69) is 11.4 Å². The lowest BCUT2D eigenvalue weighted by atomic mass is 10.1. The summed E-state index contributed by atoms with van der Waals surface area (Å²) in [5.74, 6) is 0.891. The van der Waals surface area contributed by atoms with Crippen LogP contribution in [0.5, 0.6) is 11.5 Å². The summed E-state index contributed by atoms with van der Waals surface area (Å²) in [5.41, 5.74) is 1.94. The van der Waals surface area contributed by atoms with E-state index >= 15 is 0 Å². The normalized spacial score (nSPS) is 11.7. The van der Waals surface area contributed by atoms with Crippen molar-refractivity contribution < 1.29 is 13.9 Å². The van der Waals surface area contributed by atoms with Crippen LogP contribution in [0.25, 0.3) is 0 Å². The number of nitrogens with one attached hydrogen (secondary N) is 1. The van der Waals surface area contributed by atoms with E-state index in [1.54, 1.807) is 19.2 Å². The maximum Gasteiger partial charge on any atom is 0.161 e. The molecule has 2 aromatic rings. The fraction of sp³-hybridized carbons (Fsp3) is 0.350. The van der Waals surface area contributed by atoms with Crippen molar-refractivity contribution in [3.05, 3.63) is 58.4 Å². The van der Waals surface area contributed by atoms with Crippen molar-refractivity contribution in [2.24, 2.45) is 0 Å². The van der Waals surface area contributed by atoms with Crippen LogP contribution in [0.15, 0.2) is 36.4 Å². The van der Waals surface area contributed by atoms with Gasteiger partial charge in [0.05, 0.1) is 24.8 Å². The second kappa shape index (κ2) is 10.0. The number of ether oxygens (including phenoxy) is 2. The Morgan fingerprint density at radius 1 is 1.23 bits per heavy atom. The first-order valence-electron chi connectivity index (χ1n) is 8.40. The van der Waals surface area contributed by atoms with E-state index in [0.29, 0.717) is 37.5 Å². The average Bonchev–Trinajstić information content (AvgIpc) is 2.65. The number of rotatable bonds is 9.